The summed E-state index contributed by atoms with van der Waals surface area (Å²) in [4.78, 5) is -0.499. The Kier molecular flexibility index (Phi) is 6.41. The van der Waals surface area contributed by atoms with Crippen LogP contribution in [0.25, 0.3) is 0 Å². The summed E-state index contributed by atoms with van der Waals surface area (Å²) in [5, 5.41) is 6.12. The zero-order valence-electron chi connectivity index (χ0n) is 15.0. The maximum absolute atomic E-state index is 13.1. The van der Waals surface area contributed by atoms with Crippen molar-refractivity contribution in [3.63, 3.8) is 0 Å². The molecule has 0 aliphatic carbocycles. The van der Waals surface area contributed by atoms with Gasteiger partial charge < -0.3 is 4.42 Å². The predicted octanol–water partition coefficient (Wildman–Crippen LogP) is 5.03. The molecule has 0 aliphatic rings. The molecule has 0 unspecified atom stereocenters. The normalized spacial score (nSPS) is 14.6. The number of halogens is 7. The van der Waals surface area contributed by atoms with Crippen LogP contribution in [0.15, 0.2) is 32.0 Å². The highest BCUT2D eigenvalue weighted by atomic mass is 79.9. The molecule has 1 atom stereocenters. The van der Waals surface area contributed by atoms with Crippen molar-refractivity contribution >= 4 is 26.0 Å². The monoisotopic (exact) mass is 509 g/mol. The molecular formula is C15H14BrF6N3O3S. The number of hydrogen-bond donors (Lipinski definition) is 0. The molecule has 29 heavy (non-hydrogen) atoms. The third kappa shape index (κ3) is 4.91. The molecule has 0 aliphatic heterocycles. The van der Waals surface area contributed by atoms with E-state index in [1.54, 1.807) is 0 Å². The minimum atomic E-state index is -4.91. The Balaban J connectivity index is 2.50. The maximum Gasteiger partial charge on any atom is 0.470 e. The van der Waals surface area contributed by atoms with Crippen LogP contribution in [0.2, 0.25) is 0 Å². The highest BCUT2D eigenvalue weighted by Gasteiger charge is 2.41. The van der Waals surface area contributed by atoms with E-state index in [4.69, 9.17) is 0 Å². The van der Waals surface area contributed by atoms with Gasteiger partial charge in [-0.25, -0.2) is 8.42 Å². The first-order valence-electron chi connectivity index (χ1n) is 7.87. The second-order valence-electron chi connectivity index (χ2n) is 6.19. The Morgan fingerprint density at radius 1 is 1.03 bits per heavy atom. The Morgan fingerprint density at radius 3 is 2.03 bits per heavy atom. The summed E-state index contributed by atoms with van der Waals surface area (Å²) in [6.07, 6.45) is -9.60. The summed E-state index contributed by atoms with van der Waals surface area (Å²) < 4.78 is 108. The van der Waals surface area contributed by atoms with Crippen molar-refractivity contribution in [1.82, 2.24) is 14.5 Å². The molecule has 0 amide bonds. The topological polar surface area (TPSA) is 76.3 Å². The number of sulfonamides is 1. The fourth-order valence-electron chi connectivity index (χ4n) is 2.56. The van der Waals surface area contributed by atoms with Crippen molar-refractivity contribution in [3.05, 3.63) is 40.0 Å². The van der Waals surface area contributed by atoms with Crippen LogP contribution in [0, 0.1) is 0 Å². The molecular weight excluding hydrogens is 496 g/mol. The van der Waals surface area contributed by atoms with E-state index in [0.29, 0.717) is 12.1 Å². The quantitative estimate of drug-likeness (QED) is 0.528. The van der Waals surface area contributed by atoms with Crippen LogP contribution < -0.4 is 0 Å². The number of alkyl halides is 6. The average molecular weight is 510 g/mol. The first-order chi connectivity index (χ1) is 13.1. The number of nitrogens with zero attached hydrogens (tertiary/aromatic N) is 3. The highest BCUT2D eigenvalue weighted by Crippen LogP contribution is 2.37. The van der Waals surface area contributed by atoms with Crippen molar-refractivity contribution < 1.29 is 39.2 Å². The van der Waals surface area contributed by atoms with Gasteiger partial charge >= 0.3 is 18.2 Å². The number of benzene rings is 1. The fraction of sp³-hybridized carbons (Fsp3) is 0.467. The van der Waals surface area contributed by atoms with Gasteiger partial charge in [-0.2, -0.15) is 30.6 Å². The van der Waals surface area contributed by atoms with E-state index in [9.17, 15) is 34.8 Å². The minimum absolute atomic E-state index is 0.355. The van der Waals surface area contributed by atoms with Gasteiger partial charge in [-0.15, -0.1) is 10.2 Å². The Morgan fingerprint density at radius 2 is 1.62 bits per heavy atom. The van der Waals surface area contributed by atoms with Gasteiger partial charge in [0.15, 0.2) is 0 Å². The zero-order chi connectivity index (χ0) is 22.4. The van der Waals surface area contributed by atoms with Crippen molar-refractivity contribution in [3.8, 4) is 0 Å². The third-order valence-corrected chi connectivity index (χ3v) is 6.87. The van der Waals surface area contributed by atoms with Crippen LogP contribution in [0.3, 0.4) is 0 Å². The lowest BCUT2D eigenvalue weighted by atomic mass is 10.2. The SMILES string of the molecule is CC(C)N([C@@H](C)c1nnc(C(F)(F)F)o1)S(=O)(=O)c1ccc(C(F)(F)F)cc1Br. The molecule has 0 spiro atoms. The van der Waals surface area contributed by atoms with E-state index < -0.39 is 56.7 Å². The molecule has 0 saturated carbocycles. The van der Waals surface area contributed by atoms with E-state index in [1.807, 2.05) is 0 Å². The Hall–Kier alpha value is -1.67. The molecule has 6 nitrogen and oxygen atoms in total. The fourth-order valence-corrected chi connectivity index (χ4v) is 5.39. The second kappa shape index (κ2) is 7.87. The molecule has 14 heteroatoms. The van der Waals surface area contributed by atoms with Gasteiger partial charge in [0.25, 0.3) is 0 Å². The average Bonchev–Trinajstić information content (AvgIpc) is 3.03. The first kappa shape index (κ1) is 23.6. The lowest BCUT2D eigenvalue weighted by Gasteiger charge is -2.30. The standard InChI is InChI=1S/C15H14BrF6N3O3S/c1-7(2)25(8(3)12-23-24-13(28-12)15(20,21)22)29(26,27)11-5-4-9(6-10(11)16)14(17,18)19/h4-8H,1-3H3/t8-/m0/s1. The third-order valence-electron chi connectivity index (χ3n) is 3.75. The summed E-state index contributed by atoms with van der Waals surface area (Å²) in [5.41, 5.74) is -1.07. The number of hydrogen-bond acceptors (Lipinski definition) is 5. The van der Waals surface area contributed by atoms with Crippen LogP contribution in [-0.2, 0) is 22.4 Å². The molecule has 2 rings (SSSR count). The highest BCUT2D eigenvalue weighted by molar-refractivity contribution is 9.10. The molecule has 1 heterocycles. The van der Waals surface area contributed by atoms with E-state index in [-0.39, 0.29) is 4.47 Å². The van der Waals surface area contributed by atoms with Gasteiger partial charge in [0, 0.05) is 10.5 Å². The van der Waals surface area contributed by atoms with Crippen LogP contribution in [0.5, 0.6) is 0 Å². The van der Waals surface area contributed by atoms with Crippen molar-refractivity contribution in [1.29, 1.82) is 0 Å². The summed E-state index contributed by atoms with van der Waals surface area (Å²) in [7, 11) is -4.46. The molecule has 0 bridgehead atoms. The summed E-state index contributed by atoms with van der Waals surface area (Å²) in [5.74, 6) is -2.26. The van der Waals surface area contributed by atoms with Gasteiger partial charge in [0.05, 0.1) is 10.5 Å². The van der Waals surface area contributed by atoms with Crippen molar-refractivity contribution in [2.24, 2.45) is 0 Å². The number of aromatic nitrogens is 2. The Bertz CT molecular complexity index is 988. The Labute approximate surface area is 170 Å². The van der Waals surface area contributed by atoms with Crippen LogP contribution >= 0.6 is 15.9 Å². The molecule has 1 aromatic heterocycles. The predicted molar refractivity (Wildman–Crippen MR) is 91.0 cm³/mol. The summed E-state index contributed by atoms with van der Waals surface area (Å²) in [6.45, 7) is 4.10. The zero-order valence-corrected chi connectivity index (χ0v) is 17.4. The molecule has 0 N–H and O–H groups in total. The lowest BCUT2D eigenvalue weighted by molar-refractivity contribution is -0.157. The first-order valence-corrected chi connectivity index (χ1v) is 10.1. The molecule has 162 valence electrons. The van der Waals surface area contributed by atoms with E-state index in [0.717, 1.165) is 10.4 Å². The molecule has 0 fully saturated rings. The lowest BCUT2D eigenvalue weighted by Crippen LogP contribution is -2.39. The van der Waals surface area contributed by atoms with Gasteiger partial charge in [0.1, 0.15) is 6.04 Å². The summed E-state index contributed by atoms with van der Waals surface area (Å²) >= 11 is 2.82. The van der Waals surface area contributed by atoms with Gasteiger partial charge in [0.2, 0.25) is 15.9 Å². The smallest absolute Gasteiger partial charge is 0.416 e. The van der Waals surface area contributed by atoms with Crippen molar-refractivity contribution in [2.75, 3.05) is 0 Å². The molecule has 2 aromatic rings. The minimum Gasteiger partial charge on any atom is -0.416 e. The van der Waals surface area contributed by atoms with Crippen molar-refractivity contribution in [2.45, 2.75) is 50.1 Å². The van der Waals surface area contributed by atoms with Crippen LogP contribution in [-0.4, -0.2) is 29.0 Å². The van der Waals surface area contributed by atoms with E-state index >= 15 is 0 Å². The van der Waals surface area contributed by atoms with Crippen LogP contribution in [0.1, 0.15) is 44.2 Å². The van der Waals surface area contributed by atoms with Gasteiger partial charge in [-0.3, -0.25) is 0 Å². The number of rotatable bonds is 5. The second-order valence-corrected chi connectivity index (χ2v) is 8.86. The van der Waals surface area contributed by atoms with E-state index in [2.05, 4.69) is 30.5 Å². The maximum atomic E-state index is 13.1. The summed E-state index contributed by atoms with van der Waals surface area (Å²) in [6, 6.07) is -0.165. The van der Waals surface area contributed by atoms with Gasteiger partial charge in [-0.05, 0) is 54.9 Å². The van der Waals surface area contributed by atoms with Crippen LogP contribution in [0.4, 0.5) is 26.3 Å². The molecule has 0 radical (unpaired) electrons. The molecule has 1 aromatic carbocycles. The largest absolute Gasteiger partial charge is 0.470 e. The van der Waals surface area contributed by atoms with Gasteiger partial charge in [-0.1, -0.05) is 0 Å². The van der Waals surface area contributed by atoms with E-state index in [1.165, 1.54) is 20.8 Å². The molecule has 0 saturated heterocycles.